The predicted molar refractivity (Wildman–Crippen MR) is 123 cm³/mol. The van der Waals surface area contributed by atoms with Gasteiger partial charge in [0.25, 0.3) is 11.2 Å². The number of nitro benzene ring substituents is 1. The van der Waals surface area contributed by atoms with Gasteiger partial charge in [-0.2, -0.15) is 5.10 Å². The van der Waals surface area contributed by atoms with Gasteiger partial charge in [0.2, 0.25) is 5.91 Å². The summed E-state index contributed by atoms with van der Waals surface area (Å²) in [6.45, 7) is 2.72. The quantitative estimate of drug-likeness (QED) is 0.368. The molecule has 2 aromatic carbocycles. The minimum Gasteiger partial charge on any atom is -0.495 e. The molecule has 33 heavy (non-hydrogen) atoms. The molecule has 10 heteroatoms. The van der Waals surface area contributed by atoms with E-state index >= 15 is 0 Å². The highest BCUT2D eigenvalue weighted by atomic mass is 16.6. The van der Waals surface area contributed by atoms with Crippen LogP contribution in [0.4, 0.5) is 11.4 Å². The zero-order valence-corrected chi connectivity index (χ0v) is 18.3. The van der Waals surface area contributed by atoms with Gasteiger partial charge in [0, 0.05) is 36.7 Å². The fourth-order valence-electron chi connectivity index (χ4n) is 3.16. The predicted octanol–water partition coefficient (Wildman–Crippen LogP) is 3.64. The number of benzene rings is 2. The molecule has 3 aromatic rings. The van der Waals surface area contributed by atoms with Crippen LogP contribution >= 0.6 is 0 Å². The summed E-state index contributed by atoms with van der Waals surface area (Å²) in [7, 11) is 1.41. The van der Waals surface area contributed by atoms with Crippen LogP contribution in [0.3, 0.4) is 0 Å². The molecule has 0 spiro atoms. The van der Waals surface area contributed by atoms with Crippen LogP contribution in [0, 0.1) is 10.1 Å². The average Bonchev–Trinajstić information content (AvgIpc) is 2.81. The SMILES string of the molecule is CCOc1ccc(-c2ccc(=O)n(CCCC(=O)Nc3cc([N+](=O)[O-])ccc3OC)n2)cc1. The van der Waals surface area contributed by atoms with E-state index < -0.39 is 4.92 Å². The van der Waals surface area contributed by atoms with E-state index in [1.807, 2.05) is 31.2 Å². The Hall–Kier alpha value is -4.21. The lowest BCUT2D eigenvalue weighted by Gasteiger charge is -2.11. The van der Waals surface area contributed by atoms with E-state index in [4.69, 9.17) is 9.47 Å². The van der Waals surface area contributed by atoms with Crippen molar-refractivity contribution in [3.05, 3.63) is 75.1 Å². The summed E-state index contributed by atoms with van der Waals surface area (Å²) in [6, 6.07) is 14.4. The number of ether oxygens (including phenoxy) is 2. The molecule has 0 aliphatic carbocycles. The highest BCUT2D eigenvalue weighted by molar-refractivity contribution is 5.92. The van der Waals surface area contributed by atoms with Crippen molar-refractivity contribution in [2.45, 2.75) is 26.3 Å². The Morgan fingerprint density at radius 1 is 1.15 bits per heavy atom. The number of aryl methyl sites for hydroxylation is 1. The van der Waals surface area contributed by atoms with Crippen molar-refractivity contribution < 1.29 is 19.2 Å². The fourth-order valence-corrected chi connectivity index (χ4v) is 3.16. The van der Waals surface area contributed by atoms with E-state index in [0.29, 0.717) is 24.5 Å². The Balaban J connectivity index is 1.63. The van der Waals surface area contributed by atoms with Gasteiger partial charge in [-0.1, -0.05) is 0 Å². The molecular weight excluding hydrogens is 428 g/mol. The summed E-state index contributed by atoms with van der Waals surface area (Å²) >= 11 is 0. The second-order valence-corrected chi connectivity index (χ2v) is 7.03. The molecule has 0 bridgehead atoms. The molecule has 0 saturated heterocycles. The van der Waals surface area contributed by atoms with Gasteiger partial charge in [-0.3, -0.25) is 19.7 Å². The first-order valence-corrected chi connectivity index (χ1v) is 10.3. The topological polar surface area (TPSA) is 126 Å². The van der Waals surface area contributed by atoms with Crippen LogP contribution in [0.5, 0.6) is 11.5 Å². The Morgan fingerprint density at radius 3 is 2.58 bits per heavy atom. The van der Waals surface area contributed by atoms with Gasteiger partial charge in [-0.05, 0) is 49.7 Å². The van der Waals surface area contributed by atoms with Crippen LogP contribution < -0.4 is 20.3 Å². The largest absolute Gasteiger partial charge is 0.495 e. The number of carbonyl (C=O) groups excluding carboxylic acids is 1. The lowest BCUT2D eigenvalue weighted by atomic mass is 10.1. The number of methoxy groups -OCH3 is 1. The summed E-state index contributed by atoms with van der Waals surface area (Å²) in [5, 5.41) is 18.0. The van der Waals surface area contributed by atoms with Gasteiger partial charge in [-0.25, -0.2) is 4.68 Å². The number of nitrogens with zero attached hydrogens (tertiary/aromatic N) is 3. The Labute approximate surface area is 189 Å². The molecule has 10 nitrogen and oxygen atoms in total. The van der Waals surface area contributed by atoms with Gasteiger partial charge in [0.05, 0.1) is 30.0 Å². The summed E-state index contributed by atoms with van der Waals surface area (Å²) in [6.07, 6.45) is 0.440. The summed E-state index contributed by atoms with van der Waals surface area (Å²) in [5.41, 5.74) is 1.24. The molecule has 1 aromatic heterocycles. The minimum absolute atomic E-state index is 0.0905. The second-order valence-electron chi connectivity index (χ2n) is 7.03. The molecule has 0 radical (unpaired) electrons. The molecule has 172 valence electrons. The highest BCUT2D eigenvalue weighted by Crippen LogP contribution is 2.29. The highest BCUT2D eigenvalue weighted by Gasteiger charge is 2.14. The van der Waals surface area contributed by atoms with Crippen molar-refractivity contribution in [1.29, 1.82) is 0 Å². The van der Waals surface area contributed by atoms with E-state index in [1.54, 1.807) is 6.07 Å². The maximum atomic E-state index is 12.4. The van der Waals surface area contributed by atoms with Crippen molar-refractivity contribution in [3.8, 4) is 22.8 Å². The zero-order chi connectivity index (χ0) is 23.8. The lowest BCUT2D eigenvalue weighted by Crippen LogP contribution is -2.23. The molecule has 0 aliphatic heterocycles. The molecule has 1 heterocycles. The van der Waals surface area contributed by atoms with Crippen molar-refractivity contribution in [3.63, 3.8) is 0 Å². The molecule has 0 fully saturated rings. The Morgan fingerprint density at radius 2 is 1.91 bits per heavy atom. The number of hydrogen-bond donors (Lipinski definition) is 1. The van der Waals surface area contributed by atoms with Crippen molar-refractivity contribution in [1.82, 2.24) is 9.78 Å². The number of nitro groups is 1. The monoisotopic (exact) mass is 452 g/mol. The maximum absolute atomic E-state index is 12.4. The number of aromatic nitrogens is 2. The lowest BCUT2D eigenvalue weighted by molar-refractivity contribution is -0.384. The number of carbonyl (C=O) groups is 1. The number of nitrogens with one attached hydrogen (secondary N) is 1. The minimum atomic E-state index is -0.551. The number of rotatable bonds is 10. The fraction of sp³-hybridized carbons (Fsp3) is 0.261. The third kappa shape index (κ3) is 6.16. The molecule has 1 amide bonds. The normalized spacial score (nSPS) is 10.5. The molecule has 0 aliphatic rings. The van der Waals surface area contributed by atoms with Gasteiger partial charge < -0.3 is 14.8 Å². The maximum Gasteiger partial charge on any atom is 0.271 e. The van der Waals surface area contributed by atoms with Crippen LogP contribution in [0.25, 0.3) is 11.3 Å². The van der Waals surface area contributed by atoms with E-state index in [0.717, 1.165) is 11.3 Å². The number of non-ortho nitro benzene ring substituents is 1. The van der Waals surface area contributed by atoms with Gasteiger partial charge in [0.1, 0.15) is 11.5 Å². The summed E-state index contributed by atoms with van der Waals surface area (Å²) in [5.74, 6) is 0.709. The van der Waals surface area contributed by atoms with Crippen LogP contribution in [-0.2, 0) is 11.3 Å². The first-order valence-electron chi connectivity index (χ1n) is 10.3. The van der Waals surface area contributed by atoms with Crippen molar-refractivity contribution in [2.75, 3.05) is 19.0 Å². The van der Waals surface area contributed by atoms with Gasteiger partial charge in [0.15, 0.2) is 0 Å². The Bertz CT molecular complexity index is 1190. The van der Waals surface area contributed by atoms with Gasteiger partial charge in [-0.15, -0.1) is 0 Å². The molecule has 3 rings (SSSR count). The van der Waals surface area contributed by atoms with Crippen molar-refractivity contribution >= 4 is 17.3 Å². The number of amides is 1. The molecule has 0 atom stereocenters. The van der Waals surface area contributed by atoms with Crippen LogP contribution in [0.15, 0.2) is 59.4 Å². The van der Waals surface area contributed by atoms with Crippen LogP contribution in [0.2, 0.25) is 0 Å². The average molecular weight is 452 g/mol. The summed E-state index contributed by atoms with van der Waals surface area (Å²) in [4.78, 5) is 35.0. The third-order valence-electron chi connectivity index (χ3n) is 4.77. The number of anilines is 1. The standard InChI is InChI=1S/C23H24N4O6/c1-3-33-18-9-6-16(7-10-18)19-11-13-23(29)26(25-19)14-4-5-22(28)24-20-15-17(27(30)31)8-12-21(20)32-2/h6-13,15H,3-5,14H2,1-2H3,(H,24,28). The first kappa shape index (κ1) is 23.5. The van der Waals surface area contributed by atoms with E-state index in [-0.39, 0.29) is 35.8 Å². The van der Waals surface area contributed by atoms with Crippen LogP contribution in [0.1, 0.15) is 19.8 Å². The molecule has 1 N–H and O–H groups in total. The smallest absolute Gasteiger partial charge is 0.271 e. The Kier molecular flexibility index (Phi) is 7.74. The van der Waals surface area contributed by atoms with Crippen LogP contribution in [-0.4, -0.2) is 34.3 Å². The van der Waals surface area contributed by atoms with E-state index in [9.17, 15) is 19.7 Å². The van der Waals surface area contributed by atoms with Gasteiger partial charge >= 0.3 is 0 Å². The third-order valence-corrected chi connectivity index (χ3v) is 4.77. The number of hydrogen-bond acceptors (Lipinski definition) is 7. The molecule has 0 unspecified atom stereocenters. The second kappa shape index (κ2) is 10.9. The molecule has 0 saturated carbocycles. The first-order chi connectivity index (χ1) is 15.9. The molecular formula is C23H24N4O6. The summed E-state index contributed by atoms with van der Waals surface area (Å²) < 4.78 is 11.9. The van der Waals surface area contributed by atoms with E-state index in [2.05, 4.69) is 10.4 Å². The van der Waals surface area contributed by atoms with Crippen molar-refractivity contribution in [2.24, 2.45) is 0 Å². The zero-order valence-electron chi connectivity index (χ0n) is 18.3. The van der Waals surface area contributed by atoms with E-state index in [1.165, 1.54) is 36.1 Å².